The molecule has 0 aliphatic heterocycles. The summed E-state index contributed by atoms with van der Waals surface area (Å²) in [5.74, 6) is 0.0887. The van der Waals surface area contributed by atoms with Crippen molar-refractivity contribution in [3.05, 3.63) is 0 Å². The molecule has 0 aromatic heterocycles. The standard InChI is InChI=1S/C14H30N2O/c1-8-14(6,7)16-12(17)11(2)15-10-9-13(3,4)5/h11,15H,8-10H2,1-7H3,(H,16,17). The topological polar surface area (TPSA) is 41.1 Å². The highest BCUT2D eigenvalue weighted by Gasteiger charge is 2.21. The molecule has 0 fully saturated rings. The van der Waals surface area contributed by atoms with Gasteiger partial charge in [0, 0.05) is 5.54 Å². The van der Waals surface area contributed by atoms with Gasteiger partial charge in [-0.05, 0) is 45.6 Å². The van der Waals surface area contributed by atoms with Crippen molar-refractivity contribution in [3.63, 3.8) is 0 Å². The van der Waals surface area contributed by atoms with Crippen LogP contribution >= 0.6 is 0 Å². The quantitative estimate of drug-likeness (QED) is 0.752. The van der Waals surface area contributed by atoms with E-state index in [1.807, 2.05) is 20.8 Å². The van der Waals surface area contributed by atoms with Gasteiger partial charge in [0.2, 0.25) is 5.91 Å². The fourth-order valence-electron chi connectivity index (χ4n) is 1.29. The number of hydrogen-bond acceptors (Lipinski definition) is 2. The van der Waals surface area contributed by atoms with Crippen molar-refractivity contribution >= 4 is 5.91 Å². The maximum absolute atomic E-state index is 11.9. The Morgan fingerprint density at radius 3 is 2.12 bits per heavy atom. The van der Waals surface area contributed by atoms with E-state index in [0.29, 0.717) is 5.41 Å². The Bertz CT molecular complexity index is 241. The van der Waals surface area contributed by atoms with E-state index >= 15 is 0 Å². The van der Waals surface area contributed by atoms with E-state index < -0.39 is 0 Å². The molecular weight excluding hydrogens is 212 g/mol. The van der Waals surface area contributed by atoms with E-state index in [1.165, 1.54) is 0 Å². The summed E-state index contributed by atoms with van der Waals surface area (Å²) in [5, 5.41) is 6.33. The van der Waals surface area contributed by atoms with Crippen LogP contribution in [0.2, 0.25) is 0 Å². The second-order valence-electron chi connectivity index (χ2n) is 6.71. The van der Waals surface area contributed by atoms with Gasteiger partial charge in [0.15, 0.2) is 0 Å². The molecule has 102 valence electrons. The zero-order chi connectivity index (χ0) is 13.7. The molecule has 1 atom stereocenters. The third kappa shape index (κ3) is 8.19. The molecule has 0 rings (SSSR count). The lowest BCUT2D eigenvalue weighted by Crippen LogP contribution is -2.51. The molecule has 0 saturated carbocycles. The number of carbonyl (C=O) groups excluding carboxylic acids is 1. The monoisotopic (exact) mass is 242 g/mol. The van der Waals surface area contributed by atoms with Crippen molar-refractivity contribution in [1.82, 2.24) is 10.6 Å². The summed E-state index contributed by atoms with van der Waals surface area (Å²) in [5.41, 5.74) is 0.197. The van der Waals surface area contributed by atoms with Gasteiger partial charge in [-0.25, -0.2) is 0 Å². The molecule has 1 unspecified atom stereocenters. The summed E-state index contributed by atoms with van der Waals surface area (Å²) in [6, 6.07) is -0.122. The second kappa shape index (κ2) is 6.39. The Balaban J connectivity index is 3.99. The number of rotatable bonds is 6. The minimum Gasteiger partial charge on any atom is -0.350 e. The van der Waals surface area contributed by atoms with Crippen LogP contribution in [-0.2, 0) is 4.79 Å². The van der Waals surface area contributed by atoms with Crippen LogP contribution in [0.5, 0.6) is 0 Å². The third-order valence-corrected chi connectivity index (χ3v) is 3.06. The highest BCUT2D eigenvalue weighted by Crippen LogP contribution is 2.17. The smallest absolute Gasteiger partial charge is 0.237 e. The zero-order valence-corrected chi connectivity index (χ0v) is 12.6. The van der Waals surface area contributed by atoms with Crippen molar-refractivity contribution in [2.45, 2.75) is 72.9 Å². The first-order valence-corrected chi connectivity index (χ1v) is 6.63. The summed E-state index contributed by atoms with van der Waals surface area (Å²) in [6.07, 6.45) is 2.01. The third-order valence-electron chi connectivity index (χ3n) is 3.06. The van der Waals surface area contributed by atoms with Crippen LogP contribution in [-0.4, -0.2) is 24.0 Å². The first-order chi connectivity index (χ1) is 7.57. The van der Waals surface area contributed by atoms with Crippen molar-refractivity contribution in [2.75, 3.05) is 6.54 Å². The van der Waals surface area contributed by atoms with Gasteiger partial charge in [0.25, 0.3) is 0 Å². The lowest BCUT2D eigenvalue weighted by atomic mass is 9.92. The largest absolute Gasteiger partial charge is 0.350 e. The highest BCUT2D eigenvalue weighted by atomic mass is 16.2. The van der Waals surface area contributed by atoms with Gasteiger partial charge < -0.3 is 10.6 Å². The van der Waals surface area contributed by atoms with Gasteiger partial charge in [-0.2, -0.15) is 0 Å². The Morgan fingerprint density at radius 2 is 1.71 bits per heavy atom. The van der Waals surface area contributed by atoms with Crippen molar-refractivity contribution in [2.24, 2.45) is 5.41 Å². The molecule has 0 radical (unpaired) electrons. The average molecular weight is 242 g/mol. The number of amides is 1. The fraction of sp³-hybridized carbons (Fsp3) is 0.929. The van der Waals surface area contributed by atoms with Crippen LogP contribution in [0.1, 0.15) is 61.3 Å². The molecule has 3 heteroatoms. The Kier molecular flexibility index (Phi) is 6.17. The Hall–Kier alpha value is -0.570. The Labute approximate surface area is 107 Å². The van der Waals surface area contributed by atoms with E-state index in [2.05, 4.69) is 38.3 Å². The lowest BCUT2D eigenvalue weighted by Gasteiger charge is -2.27. The average Bonchev–Trinajstić information content (AvgIpc) is 2.15. The molecule has 0 aliphatic carbocycles. The highest BCUT2D eigenvalue weighted by molar-refractivity contribution is 5.81. The van der Waals surface area contributed by atoms with Crippen LogP contribution in [0, 0.1) is 5.41 Å². The van der Waals surface area contributed by atoms with Crippen molar-refractivity contribution in [3.8, 4) is 0 Å². The molecular formula is C14H30N2O. The molecule has 0 spiro atoms. The molecule has 0 aromatic rings. The van der Waals surface area contributed by atoms with Gasteiger partial charge in [0.05, 0.1) is 6.04 Å². The number of carbonyl (C=O) groups is 1. The van der Waals surface area contributed by atoms with E-state index in [0.717, 1.165) is 19.4 Å². The SMILES string of the molecule is CCC(C)(C)NC(=O)C(C)NCCC(C)(C)C. The van der Waals surface area contributed by atoms with Gasteiger partial charge in [-0.3, -0.25) is 4.79 Å². The van der Waals surface area contributed by atoms with Gasteiger partial charge >= 0.3 is 0 Å². The fourth-order valence-corrected chi connectivity index (χ4v) is 1.29. The predicted molar refractivity (Wildman–Crippen MR) is 74.0 cm³/mol. The minimum atomic E-state index is -0.122. The molecule has 3 nitrogen and oxygen atoms in total. The number of nitrogens with one attached hydrogen (secondary N) is 2. The Morgan fingerprint density at radius 1 is 1.18 bits per heavy atom. The molecule has 0 aliphatic rings. The van der Waals surface area contributed by atoms with Crippen LogP contribution < -0.4 is 10.6 Å². The lowest BCUT2D eigenvalue weighted by molar-refractivity contribution is -0.124. The van der Waals surface area contributed by atoms with E-state index in [-0.39, 0.29) is 17.5 Å². The molecule has 0 saturated heterocycles. The van der Waals surface area contributed by atoms with Crippen molar-refractivity contribution < 1.29 is 4.79 Å². The summed E-state index contributed by atoms with van der Waals surface area (Å²) >= 11 is 0. The predicted octanol–water partition coefficient (Wildman–Crippen LogP) is 2.71. The van der Waals surface area contributed by atoms with Crippen LogP contribution in [0.15, 0.2) is 0 Å². The summed E-state index contributed by atoms with van der Waals surface area (Å²) in [7, 11) is 0. The minimum absolute atomic E-state index is 0.0887. The summed E-state index contributed by atoms with van der Waals surface area (Å²) in [4.78, 5) is 11.9. The number of hydrogen-bond donors (Lipinski definition) is 2. The molecule has 0 bridgehead atoms. The maximum atomic E-state index is 11.9. The normalized spacial score (nSPS) is 14.5. The maximum Gasteiger partial charge on any atom is 0.237 e. The first-order valence-electron chi connectivity index (χ1n) is 6.63. The first kappa shape index (κ1) is 16.4. The molecule has 0 aromatic carbocycles. The molecule has 17 heavy (non-hydrogen) atoms. The second-order valence-corrected chi connectivity index (χ2v) is 6.71. The summed E-state index contributed by atoms with van der Waals surface area (Å²) in [6.45, 7) is 15.6. The van der Waals surface area contributed by atoms with Crippen molar-refractivity contribution in [1.29, 1.82) is 0 Å². The van der Waals surface area contributed by atoms with E-state index in [1.54, 1.807) is 0 Å². The van der Waals surface area contributed by atoms with Crippen LogP contribution in [0.25, 0.3) is 0 Å². The van der Waals surface area contributed by atoms with Gasteiger partial charge in [0.1, 0.15) is 0 Å². The van der Waals surface area contributed by atoms with Crippen LogP contribution in [0.3, 0.4) is 0 Å². The van der Waals surface area contributed by atoms with Gasteiger partial charge in [-0.15, -0.1) is 0 Å². The molecule has 0 heterocycles. The zero-order valence-electron chi connectivity index (χ0n) is 12.6. The summed E-state index contributed by atoms with van der Waals surface area (Å²) < 4.78 is 0. The molecule has 2 N–H and O–H groups in total. The molecule has 1 amide bonds. The van der Waals surface area contributed by atoms with E-state index in [4.69, 9.17) is 0 Å². The van der Waals surface area contributed by atoms with Gasteiger partial charge in [-0.1, -0.05) is 27.7 Å². The van der Waals surface area contributed by atoms with E-state index in [9.17, 15) is 4.79 Å². The van der Waals surface area contributed by atoms with Crippen LogP contribution in [0.4, 0.5) is 0 Å².